The molecule has 0 radical (unpaired) electrons. The van der Waals surface area contributed by atoms with E-state index in [0.717, 1.165) is 0 Å². The zero-order valence-corrected chi connectivity index (χ0v) is 7.34. The van der Waals surface area contributed by atoms with Crippen LogP contribution < -0.4 is 0 Å². The van der Waals surface area contributed by atoms with Crippen LogP contribution >= 0.6 is 0 Å². The molecule has 0 saturated carbocycles. The molecule has 1 aromatic carbocycles. The molecular weight excluding hydrogens is 160 g/mol. The highest BCUT2D eigenvalue weighted by Gasteiger charge is 2.34. The van der Waals surface area contributed by atoms with Gasteiger partial charge in [-0.2, -0.15) is 0 Å². The maximum atomic E-state index is 5.10. The molecule has 1 heteroatoms. The van der Waals surface area contributed by atoms with Gasteiger partial charge in [0.2, 0.25) is 0 Å². The molecule has 2 aliphatic rings. The minimum absolute atomic E-state index is 0.435. The lowest BCUT2D eigenvalue weighted by atomic mass is 10.2. The predicted octanol–water partition coefficient (Wildman–Crippen LogP) is 2.57. The minimum Gasteiger partial charge on any atom is -0.361 e. The Bertz CT molecular complexity index is 257. The van der Waals surface area contributed by atoms with E-state index in [0.29, 0.717) is 12.2 Å². The molecule has 2 unspecified atom stereocenters. The van der Waals surface area contributed by atoms with Gasteiger partial charge in [0.25, 0.3) is 0 Å². The summed E-state index contributed by atoms with van der Waals surface area (Å²) in [7, 11) is 0. The zero-order chi connectivity index (χ0) is 8.93. The van der Waals surface area contributed by atoms with Crippen LogP contribution in [0.25, 0.3) is 0 Å². The molecule has 0 amide bonds. The van der Waals surface area contributed by atoms with Crippen molar-refractivity contribution in [2.45, 2.75) is 12.2 Å². The van der Waals surface area contributed by atoms with Gasteiger partial charge in [-0.1, -0.05) is 60.7 Å². The second kappa shape index (κ2) is 4.06. The van der Waals surface area contributed by atoms with Crippen molar-refractivity contribution in [2.24, 2.45) is 0 Å². The van der Waals surface area contributed by atoms with Gasteiger partial charge in [0.15, 0.2) is 0 Å². The van der Waals surface area contributed by atoms with Crippen LogP contribution in [0.1, 0.15) is 0 Å². The van der Waals surface area contributed by atoms with Crippen LogP contribution in [0.3, 0.4) is 0 Å². The predicted molar refractivity (Wildman–Crippen MR) is 53.4 cm³/mol. The highest BCUT2D eigenvalue weighted by molar-refractivity contribution is 5.22. The lowest BCUT2D eigenvalue weighted by Gasteiger charge is -1.81. The first-order chi connectivity index (χ1) is 6.47. The molecule has 0 N–H and O–H groups in total. The van der Waals surface area contributed by atoms with Crippen molar-refractivity contribution in [2.75, 3.05) is 0 Å². The van der Waals surface area contributed by atoms with Crippen LogP contribution in [-0.4, -0.2) is 12.2 Å². The molecule has 0 spiro atoms. The van der Waals surface area contributed by atoms with E-state index in [4.69, 9.17) is 4.74 Å². The highest BCUT2D eigenvalue weighted by atomic mass is 16.6. The Morgan fingerprint density at radius 2 is 1.00 bits per heavy atom. The van der Waals surface area contributed by atoms with Crippen molar-refractivity contribution in [3.63, 3.8) is 0 Å². The number of fused-ring (bicyclic) bond motifs is 1. The fraction of sp³-hybridized carbons (Fsp3) is 0.167. The zero-order valence-electron chi connectivity index (χ0n) is 7.34. The minimum atomic E-state index is 0.435. The third-order valence-electron chi connectivity index (χ3n) is 1.94. The normalized spacial score (nSPS) is 27.1. The number of epoxide rings is 1. The first kappa shape index (κ1) is 8.27. The summed E-state index contributed by atoms with van der Waals surface area (Å²) in [6.07, 6.45) is 9.06. The lowest BCUT2D eigenvalue weighted by Crippen LogP contribution is -1.86. The Morgan fingerprint density at radius 3 is 1.31 bits per heavy atom. The molecule has 1 aromatic rings. The van der Waals surface area contributed by atoms with Crippen LogP contribution in [-0.2, 0) is 4.74 Å². The van der Waals surface area contributed by atoms with E-state index in [1.54, 1.807) is 0 Å². The van der Waals surface area contributed by atoms with Gasteiger partial charge in [0.1, 0.15) is 12.2 Å². The summed E-state index contributed by atoms with van der Waals surface area (Å²) in [6.45, 7) is 0. The second-order valence-corrected chi connectivity index (χ2v) is 2.99. The smallest absolute Gasteiger partial charge is 0.107 e. The Hall–Kier alpha value is -1.34. The first-order valence-corrected chi connectivity index (χ1v) is 4.47. The van der Waals surface area contributed by atoms with E-state index in [1.165, 1.54) is 0 Å². The summed E-state index contributed by atoms with van der Waals surface area (Å²) >= 11 is 0. The number of ether oxygens (including phenoxy) is 1. The lowest BCUT2D eigenvalue weighted by molar-refractivity contribution is 0.414. The van der Waals surface area contributed by atoms with Gasteiger partial charge in [-0.15, -0.1) is 0 Å². The number of hydrogen-bond acceptors (Lipinski definition) is 1. The monoisotopic (exact) mass is 172 g/mol. The fourth-order valence-electron chi connectivity index (χ4n) is 1.18. The summed E-state index contributed by atoms with van der Waals surface area (Å²) in [5.41, 5.74) is 0. The molecule has 1 aliphatic heterocycles. The van der Waals surface area contributed by atoms with Crippen molar-refractivity contribution in [3.05, 3.63) is 60.7 Å². The van der Waals surface area contributed by atoms with Crippen LogP contribution in [0.5, 0.6) is 0 Å². The van der Waals surface area contributed by atoms with E-state index >= 15 is 0 Å². The quantitative estimate of drug-likeness (QED) is 0.548. The summed E-state index contributed by atoms with van der Waals surface area (Å²) in [5.74, 6) is 0. The third kappa shape index (κ3) is 2.56. The highest BCUT2D eigenvalue weighted by Crippen LogP contribution is 2.26. The third-order valence-corrected chi connectivity index (χ3v) is 1.94. The SMILES string of the molecule is C1=CC2OC2C=C1.c1ccccc1. The first-order valence-electron chi connectivity index (χ1n) is 4.47. The van der Waals surface area contributed by atoms with Gasteiger partial charge in [-0.25, -0.2) is 0 Å². The summed E-state index contributed by atoms with van der Waals surface area (Å²) in [5, 5.41) is 0. The van der Waals surface area contributed by atoms with E-state index in [-0.39, 0.29) is 0 Å². The molecular formula is C12H12O. The van der Waals surface area contributed by atoms with Crippen molar-refractivity contribution in [1.82, 2.24) is 0 Å². The Kier molecular flexibility index (Phi) is 2.58. The van der Waals surface area contributed by atoms with Crippen molar-refractivity contribution >= 4 is 0 Å². The van der Waals surface area contributed by atoms with Gasteiger partial charge < -0.3 is 4.74 Å². The second-order valence-electron chi connectivity index (χ2n) is 2.99. The summed E-state index contributed by atoms with van der Waals surface area (Å²) in [4.78, 5) is 0. The number of rotatable bonds is 0. The topological polar surface area (TPSA) is 12.5 Å². The maximum absolute atomic E-state index is 5.10. The van der Waals surface area contributed by atoms with Gasteiger partial charge in [-0.3, -0.25) is 0 Å². The average Bonchev–Trinajstić information content (AvgIpc) is 3.00. The molecule has 0 aromatic heterocycles. The van der Waals surface area contributed by atoms with E-state index < -0.39 is 0 Å². The number of benzene rings is 1. The van der Waals surface area contributed by atoms with Crippen LogP contribution in [0.15, 0.2) is 60.7 Å². The van der Waals surface area contributed by atoms with Crippen molar-refractivity contribution in [3.8, 4) is 0 Å². The van der Waals surface area contributed by atoms with Crippen LogP contribution in [0.2, 0.25) is 0 Å². The standard InChI is InChI=1S/C6H6O.C6H6/c1-2-4-6-5(3-1)7-6;1-2-4-6-5-3-1/h1-6H;1-6H. The molecule has 1 saturated heterocycles. The van der Waals surface area contributed by atoms with Gasteiger partial charge >= 0.3 is 0 Å². The van der Waals surface area contributed by atoms with Crippen LogP contribution in [0, 0.1) is 0 Å². The molecule has 1 aliphatic carbocycles. The number of allylic oxidation sites excluding steroid dienone is 2. The molecule has 0 bridgehead atoms. The molecule has 66 valence electrons. The van der Waals surface area contributed by atoms with E-state index in [9.17, 15) is 0 Å². The maximum Gasteiger partial charge on any atom is 0.107 e. The molecule has 13 heavy (non-hydrogen) atoms. The van der Waals surface area contributed by atoms with Crippen molar-refractivity contribution < 1.29 is 4.74 Å². The Labute approximate surface area is 78.3 Å². The molecule has 1 fully saturated rings. The fourth-order valence-corrected chi connectivity index (χ4v) is 1.18. The van der Waals surface area contributed by atoms with Gasteiger partial charge in [0.05, 0.1) is 0 Å². The van der Waals surface area contributed by atoms with Gasteiger partial charge in [0, 0.05) is 0 Å². The van der Waals surface area contributed by atoms with Crippen molar-refractivity contribution in [1.29, 1.82) is 0 Å². The average molecular weight is 172 g/mol. The van der Waals surface area contributed by atoms with E-state index in [2.05, 4.69) is 12.2 Å². The molecule has 2 atom stereocenters. The largest absolute Gasteiger partial charge is 0.361 e. The Balaban J connectivity index is 0.000000102. The summed E-state index contributed by atoms with van der Waals surface area (Å²) in [6, 6.07) is 12.0. The molecule has 3 rings (SSSR count). The van der Waals surface area contributed by atoms with Gasteiger partial charge in [-0.05, 0) is 0 Å². The van der Waals surface area contributed by atoms with Crippen LogP contribution in [0.4, 0.5) is 0 Å². The number of hydrogen-bond donors (Lipinski definition) is 0. The summed E-state index contributed by atoms with van der Waals surface area (Å²) < 4.78 is 5.10. The van der Waals surface area contributed by atoms with E-state index in [1.807, 2.05) is 48.6 Å². The Morgan fingerprint density at radius 1 is 0.615 bits per heavy atom. The molecule has 1 heterocycles. The molecule has 1 nitrogen and oxygen atoms in total.